The number of carboxylic acid groups (broad SMARTS) is 1. The highest BCUT2D eigenvalue weighted by molar-refractivity contribution is 5.86. The van der Waals surface area contributed by atoms with Gasteiger partial charge in [-0.25, -0.2) is 4.79 Å². The summed E-state index contributed by atoms with van der Waals surface area (Å²) in [5, 5.41) is 13.1. The van der Waals surface area contributed by atoms with Gasteiger partial charge in [0.05, 0.1) is 6.54 Å². The maximum Gasteiger partial charge on any atom is 0.322 e. The second kappa shape index (κ2) is 7.68. The van der Waals surface area contributed by atoms with Crippen molar-refractivity contribution in [2.45, 2.75) is 18.9 Å². The summed E-state index contributed by atoms with van der Waals surface area (Å²) >= 11 is 0. The molecule has 1 saturated heterocycles. The highest BCUT2D eigenvalue weighted by atomic mass is 16.4. The van der Waals surface area contributed by atoms with Gasteiger partial charge in [-0.2, -0.15) is 0 Å². The molecule has 114 valence electrons. The lowest BCUT2D eigenvalue weighted by Crippen LogP contribution is -2.48. The monoisotopic (exact) mass is 286 g/mol. The van der Waals surface area contributed by atoms with Crippen LogP contribution in [0.4, 0.5) is 4.79 Å². The lowest BCUT2D eigenvalue weighted by molar-refractivity contribution is -0.137. The van der Waals surface area contributed by atoms with Gasteiger partial charge in [-0.15, -0.1) is 0 Å². The molecule has 1 atom stereocenters. The van der Waals surface area contributed by atoms with E-state index in [1.807, 2.05) is 19.0 Å². The van der Waals surface area contributed by atoms with Crippen LogP contribution in [0, 0.1) is 0 Å². The molecule has 0 aliphatic carbocycles. The number of hydrogen-bond donors (Lipinski definition) is 3. The van der Waals surface area contributed by atoms with Crippen molar-refractivity contribution in [3.05, 3.63) is 0 Å². The average molecular weight is 286 g/mol. The first-order chi connectivity index (χ1) is 9.40. The fourth-order valence-electron chi connectivity index (χ4n) is 2.21. The second-order valence-electron chi connectivity index (χ2n) is 5.08. The van der Waals surface area contributed by atoms with Crippen molar-refractivity contribution in [2.75, 3.05) is 40.3 Å². The van der Waals surface area contributed by atoms with Gasteiger partial charge in [-0.1, -0.05) is 0 Å². The third-order valence-electron chi connectivity index (χ3n) is 3.05. The zero-order valence-corrected chi connectivity index (χ0v) is 11.9. The van der Waals surface area contributed by atoms with Crippen molar-refractivity contribution in [2.24, 2.45) is 0 Å². The summed E-state index contributed by atoms with van der Waals surface area (Å²) in [6.07, 6.45) is 1.91. The summed E-state index contributed by atoms with van der Waals surface area (Å²) in [5.41, 5.74) is 0. The van der Waals surface area contributed by atoms with Gasteiger partial charge in [-0.3, -0.25) is 9.59 Å². The first-order valence-electron chi connectivity index (χ1n) is 6.58. The Kier molecular flexibility index (Phi) is 6.23. The maximum atomic E-state index is 12.0. The van der Waals surface area contributed by atoms with E-state index in [1.165, 1.54) is 0 Å². The van der Waals surface area contributed by atoms with E-state index in [9.17, 15) is 14.4 Å². The van der Waals surface area contributed by atoms with Gasteiger partial charge in [0, 0.05) is 19.1 Å². The van der Waals surface area contributed by atoms with Gasteiger partial charge >= 0.3 is 12.0 Å². The molecule has 8 heteroatoms. The van der Waals surface area contributed by atoms with Crippen LogP contribution >= 0.6 is 0 Å². The van der Waals surface area contributed by atoms with Crippen LogP contribution in [0.2, 0.25) is 0 Å². The number of carboxylic acids is 1. The van der Waals surface area contributed by atoms with Crippen LogP contribution in [-0.4, -0.2) is 79.1 Å². The molecule has 20 heavy (non-hydrogen) atoms. The van der Waals surface area contributed by atoms with E-state index in [0.29, 0.717) is 6.54 Å². The van der Waals surface area contributed by atoms with Crippen LogP contribution in [0.15, 0.2) is 0 Å². The molecule has 0 saturated carbocycles. The Morgan fingerprint density at radius 2 is 1.95 bits per heavy atom. The Labute approximate surface area is 118 Å². The lowest BCUT2D eigenvalue weighted by Gasteiger charge is -2.27. The first-order valence-corrected chi connectivity index (χ1v) is 6.58. The molecule has 0 bridgehead atoms. The third-order valence-corrected chi connectivity index (χ3v) is 3.05. The summed E-state index contributed by atoms with van der Waals surface area (Å²) in [6, 6.07) is -0.119. The van der Waals surface area contributed by atoms with E-state index in [1.54, 1.807) is 4.90 Å². The summed E-state index contributed by atoms with van der Waals surface area (Å²) in [7, 11) is 3.90. The minimum atomic E-state index is -1.12. The van der Waals surface area contributed by atoms with E-state index in [-0.39, 0.29) is 18.6 Å². The number of aliphatic carboxylic acids is 1. The van der Waals surface area contributed by atoms with E-state index in [0.717, 1.165) is 19.4 Å². The Morgan fingerprint density at radius 1 is 1.25 bits per heavy atom. The molecule has 3 amide bonds. The van der Waals surface area contributed by atoms with Gasteiger partial charge in [0.1, 0.15) is 6.54 Å². The minimum absolute atomic E-state index is 0.159. The van der Waals surface area contributed by atoms with Crippen LogP contribution in [0.25, 0.3) is 0 Å². The summed E-state index contributed by atoms with van der Waals surface area (Å²) in [6.45, 7) is 0.818. The zero-order valence-electron chi connectivity index (χ0n) is 11.9. The molecule has 1 aliphatic rings. The number of nitrogens with zero attached hydrogens (tertiary/aromatic N) is 2. The lowest BCUT2D eigenvalue weighted by atomic mass is 10.2. The predicted molar refractivity (Wildman–Crippen MR) is 72.3 cm³/mol. The standard InChI is InChI=1S/C12H22N4O4/c1-15(2)8-9-4-3-5-16(9)12(20)14-6-10(17)13-7-11(18)19/h9H,3-8H2,1-2H3,(H,13,17)(H,14,20)(H,18,19). The number of nitrogens with one attached hydrogen (secondary N) is 2. The molecular weight excluding hydrogens is 264 g/mol. The predicted octanol–water partition coefficient (Wildman–Crippen LogP) is -1.08. The molecule has 1 unspecified atom stereocenters. The molecule has 1 fully saturated rings. The van der Waals surface area contributed by atoms with Crippen LogP contribution in [0.5, 0.6) is 0 Å². The maximum absolute atomic E-state index is 12.0. The van der Waals surface area contributed by atoms with Crippen molar-refractivity contribution >= 4 is 17.9 Å². The van der Waals surface area contributed by atoms with Gasteiger partial charge in [0.25, 0.3) is 0 Å². The molecule has 0 spiro atoms. The molecule has 1 aliphatic heterocycles. The normalized spacial score (nSPS) is 18.1. The van der Waals surface area contributed by atoms with Crippen LogP contribution in [0.1, 0.15) is 12.8 Å². The fourth-order valence-corrected chi connectivity index (χ4v) is 2.21. The van der Waals surface area contributed by atoms with E-state index < -0.39 is 18.4 Å². The molecule has 3 N–H and O–H groups in total. The Balaban J connectivity index is 2.34. The molecule has 0 aromatic rings. The summed E-state index contributed by atoms with van der Waals surface area (Å²) in [5.74, 6) is -1.63. The average Bonchev–Trinajstić information content (AvgIpc) is 2.80. The Morgan fingerprint density at radius 3 is 2.55 bits per heavy atom. The highest BCUT2D eigenvalue weighted by Crippen LogP contribution is 2.17. The van der Waals surface area contributed by atoms with Crippen LogP contribution < -0.4 is 10.6 Å². The van der Waals surface area contributed by atoms with Crippen molar-refractivity contribution in [1.82, 2.24) is 20.4 Å². The molecular formula is C12H22N4O4. The van der Waals surface area contributed by atoms with E-state index in [2.05, 4.69) is 10.6 Å². The van der Waals surface area contributed by atoms with Crippen molar-refractivity contribution < 1.29 is 19.5 Å². The molecule has 0 radical (unpaired) electrons. The zero-order chi connectivity index (χ0) is 15.1. The van der Waals surface area contributed by atoms with Gasteiger partial charge in [0.15, 0.2) is 0 Å². The Hall–Kier alpha value is -1.83. The molecule has 8 nitrogen and oxygen atoms in total. The molecule has 1 heterocycles. The van der Waals surface area contributed by atoms with Crippen molar-refractivity contribution in [3.8, 4) is 0 Å². The van der Waals surface area contributed by atoms with Crippen molar-refractivity contribution in [3.63, 3.8) is 0 Å². The second-order valence-corrected chi connectivity index (χ2v) is 5.08. The summed E-state index contributed by atoms with van der Waals surface area (Å²) < 4.78 is 0. The molecule has 0 aromatic carbocycles. The topological polar surface area (TPSA) is 102 Å². The van der Waals surface area contributed by atoms with Crippen LogP contribution in [0.3, 0.4) is 0 Å². The number of urea groups is 1. The van der Waals surface area contributed by atoms with Gasteiger partial charge in [-0.05, 0) is 26.9 Å². The fraction of sp³-hybridized carbons (Fsp3) is 0.750. The van der Waals surface area contributed by atoms with Gasteiger partial charge < -0.3 is 25.5 Å². The van der Waals surface area contributed by atoms with Gasteiger partial charge in [0.2, 0.25) is 5.91 Å². The Bertz CT molecular complexity index is 372. The largest absolute Gasteiger partial charge is 0.480 e. The smallest absolute Gasteiger partial charge is 0.322 e. The van der Waals surface area contributed by atoms with E-state index >= 15 is 0 Å². The van der Waals surface area contributed by atoms with Crippen molar-refractivity contribution in [1.29, 1.82) is 0 Å². The SMILES string of the molecule is CN(C)CC1CCCN1C(=O)NCC(=O)NCC(=O)O. The first kappa shape index (κ1) is 16.2. The molecule has 0 aromatic heterocycles. The third kappa shape index (κ3) is 5.43. The quantitative estimate of drug-likeness (QED) is 0.576. The number of rotatable bonds is 6. The number of likely N-dealkylation sites (tertiary alicyclic amines) is 1. The molecule has 1 rings (SSSR count). The number of carbonyl (C=O) groups is 3. The minimum Gasteiger partial charge on any atom is -0.480 e. The number of amides is 3. The number of carbonyl (C=O) groups excluding carboxylic acids is 2. The number of hydrogen-bond acceptors (Lipinski definition) is 4. The van der Waals surface area contributed by atoms with E-state index in [4.69, 9.17) is 5.11 Å². The summed E-state index contributed by atoms with van der Waals surface area (Å²) in [4.78, 5) is 37.3. The number of likely N-dealkylation sites (N-methyl/N-ethyl adjacent to an activating group) is 1. The van der Waals surface area contributed by atoms with Crippen LogP contribution in [-0.2, 0) is 9.59 Å². The highest BCUT2D eigenvalue weighted by Gasteiger charge is 2.28.